The van der Waals surface area contributed by atoms with Crippen molar-refractivity contribution in [2.45, 2.75) is 187 Å². The van der Waals surface area contributed by atoms with Crippen LogP contribution in [-0.2, 0) is 54.3 Å². The van der Waals surface area contributed by atoms with Gasteiger partial charge < -0.3 is 51.1 Å². The molecule has 20 nitrogen and oxygen atoms in total. The molecule has 3 aliphatic heterocycles. The third-order valence-electron chi connectivity index (χ3n) is 14.2. The number of hydrogen-bond acceptors (Lipinski definition) is 13. The predicted molar refractivity (Wildman–Crippen MR) is 298 cm³/mol. The highest BCUT2D eigenvalue weighted by atomic mass is 79.9. The van der Waals surface area contributed by atoms with Gasteiger partial charge in [-0.05, 0) is 93.9 Å². The Morgan fingerprint density at radius 3 is 2.29 bits per heavy atom. The van der Waals surface area contributed by atoms with Crippen LogP contribution in [0.2, 0.25) is 0 Å². The number of rotatable bonds is 30. The van der Waals surface area contributed by atoms with Gasteiger partial charge in [-0.25, -0.2) is 15.0 Å². The maximum Gasteiger partial charge on any atom is 0.426 e. The smallest absolute Gasteiger partial charge is 0.426 e. The lowest BCUT2D eigenvalue weighted by Gasteiger charge is -2.39. The molecule has 3 fully saturated rings. The number of carbonyl (C=O) groups excluding carboxylic acids is 8. The van der Waals surface area contributed by atoms with E-state index in [1.165, 1.54) is 7.05 Å². The maximum absolute atomic E-state index is 13.7. The summed E-state index contributed by atoms with van der Waals surface area (Å²) < 4.78 is 23.7. The number of aliphatic hydroxyl groups is 1. The first-order chi connectivity index (χ1) is 37.0. The van der Waals surface area contributed by atoms with Gasteiger partial charge in [0.1, 0.15) is 30.2 Å². The van der Waals surface area contributed by atoms with Crippen LogP contribution < -0.4 is 32.4 Å². The number of anilines is 1. The second kappa shape index (κ2) is 32.6. The zero-order valence-corrected chi connectivity index (χ0v) is 48.4. The van der Waals surface area contributed by atoms with Crippen LogP contribution >= 0.6 is 15.9 Å². The van der Waals surface area contributed by atoms with Gasteiger partial charge in [0.2, 0.25) is 23.6 Å². The van der Waals surface area contributed by atoms with Crippen molar-refractivity contribution < 1.29 is 62.4 Å². The number of allylic oxidation sites excluding steroid dienone is 3. The quantitative estimate of drug-likeness (QED) is 0.0105. The number of urea groups is 1. The highest BCUT2D eigenvalue weighted by Gasteiger charge is 2.58. The van der Waals surface area contributed by atoms with Gasteiger partial charge in [0, 0.05) is 50.9 Å². The van der Waals surface area contributed by atoms with Crippen LogP contribution in [0, 0.1) is 23.7 Å². The topological polar surface area (TPSA) is 286 Å². The van der Waals surface area contributed by atoms with Crippen molar-refractivity contribution >= 4 is 68.9 Å². The monoisotopic (exact) mass is 1160 g/mol. The van der Waals surface area contributed by atoms with Gasteiger partial charge in [0.05, 0.1) is 48.8 Å². The molecule has 0 unspecified atom stereocenters. The van der Waals surface area contributed by atoms with Gasteiger partial charge in [-0.1, -0.05) is 105 Å². The fraction of sp³-hybridized carbons (Fsp3) is 0.649. The number of benzene rings is 1. The molecular formula is C57H86BrN7O13. The zero-order valence-electron chi connectivity index (χ0n) is 46.8. The number of aliphatic hydroxyl groups excluding tert-OH is 1. The summed E-state index contributed by atoms with van der Waals surface area (Å²) in [5, 5.41) is 23.8. The number of carbonyl (C=O) groups is 8. The summed E-state index contributed by atoms with van der Waals surface area (Å²) in [6, 6.07) is 4.92. The van der Waals surface area contributed by atoms with E-state index in [0.29, 0.717) is 48.9 Å². The molecule has 3 aliphatic rings. The fourth-order valence-electron chi connectivity index (χ4n) is 9.43. The molecule has 434 valence electrons. The Morgan fingerprint density at radius 1 is 0.962 bits per heavy atom. The third-order valence-corrected chi connectivity index (χ3v) is 14.9. The Kier molecular flexibility index (Phi) is 27.1. The first-order valence-electron chi connectivity index (χ1n) is 27.5. The van der Waals surface area contributed by atoms with Crippen LogP contribution in [0.3, 0.4) is 0 Å². The van der Waals surface area contributed by atoms with E-state index in [1.54, 1.807) is 36.4 Å². The molecule has 7 amide bonds. The number of ketones is 2. The van der Waals surface area contributed by atoms with Crippen molar-refractivity contribution in [3.8, 4) is 0 Å². The summed E-state index contributed by atoms with van der Waals surface area (Å²) in [5.41, 5.74) is 8.74. The highest BCUT2D eigenvalue weighted by Crippen LogP contribution is 2.43. The molecule has 0 aliphatic carbocycles. The van der Waals surface area contributed by atoms with Crippen LogP contribution in [-0.4, -0.2) is 131 Å². The van der Waals surface area contributed by atoms with Gasteiger partial charge in [0.25, 0.3) is 0 Å². The molecule has 1 aromatic rings. The number of Topliss-reactive ketones (excluding diaryl/α,β-unsaturated/α-hetero) is 2. The fourth-order valence-corrected chi connectivity index (χ4v) is 9.71. The lowest BCUT2D eigenvalue weighted by molar-refractivity contribution is -0.152. The van der Waals surface area contributed by atoms with E-state index in [1.807, 2.05) is 53.7 Å². The average molecular weight is 1160 g/mol. The van der Waals surface area contributed by atoms with E-state index in [-0.39, 0.29) is 105 Å². The first kappa shape index (κ1) is 65.0. The number of hydrazine groups is 1. The minimum Gasteiger partial charge on any atom is -0.443 e. The first-order valence-corrected chi connectivity index (χ1v) is 28.6. The van der Waals surface area contributed by atoms with Crippen molar-refractivity contribution in [2.75, 3.05) is 30.8 Å². The molecule has 0 saturated carbocycles. The highest BCUT2D eigenvalue weighted by molar-refractivity contribution is 9.09. The van der Waals surface area contributed by atoms with Gasteiger partial charge in [-0.2, -0.15) is 0 Å². The third kappa shape index (κ3) is 22.7. The number of primary amides is 1. The molecular weight excluding hydrogens is 1070 g/mol. The van der Waals surface area contributed by atoms with E-state index in [2.05, 4.69) is 55.6 Å². The Labute approximate surface area is 468 Å². The molecule has 10 atom stereocenters. The van der Waals surface area contributed by atoms with E-state index in [0.717, 1.165) is 36.3 Å². The van der Waals surface area contributed by atoms with E-state index < -0.39 is 59.8 Å². The molecule has 78 heavy (non-hydrogen) atoms. The molecule has 21 heteroatoms. The molecule has 0 bridgehead atoms. The summed E-state index contributed by atoms with van der Waals surface area (Å²) in [6.45, 7) is 14.1. The molecule has 3 saturated heterocycles. The van der Waals surface area contributed by atoms with E-state index >= 15 is 0 Å². The SMILES string of the molecule is CC(/C=C/[C@H]1O[C@H](CC(=O)N(C)NC(=O)OCc2ccc(NC(=O)[C@H](CCCNC(N)=O)CC(=O)[C@@H](NC(=O)CCCCCCC(=O)CBr)C(C)C)cc2)C[C@@]2(CO2)[C@@H]1O)=C\C[C@@H]1O[C@H](C)[C@H](NC(=O)/C=C\C(C)C)C[C@@H]1C. The number of nitrogens with two attached hydrogens (primary N) is 1. The van der Waals surface area contributed by atoms with E-state index in [9.17, 15) is 43.5 Å². The number of alkyl halides is 1. The Balaban J connectivity index is 1.23. The average Bonchev–Trinajstić information content (AvgIpc) is 4.17. The molecule has 0 aromatic heterocycles. The molecule has 3 heterocycles. The number of halogens is 1. The van der Waals surface area contributed by atoms with Gasteiger partial charge in [-0.15, -0.1) is 0 Å². The minimum absolute atomic E-state index is 0.0349. The number of nitrogens with zero attached hydrogens (tertiary/aromatic N) is 1. The van der Waals surface area contributed by atoms with Crippen LogP contribution in [0.25, 0.3) is 0 Å². The van der Waals surface area contributed by atoms with Gasteiger partial charge in [-0.3, -0.25) is 33.8 Å². The Hall–Kier alpha value is -5.48. The van der Waals surface area contributed by atoms with Crippen LogP contribution in [0.4, 0.5) is 15.3 Å². The summed E-state index contributed by atoms with van der Waals surface area (Å²) in [5.74, 6) is -1.99. The van der Waals surface area contributed by atoms with Crippen molar-refractivity contribution in [2.24, 2.45) is 29.4 Å². The summed E-state index contributed by atoms with van der Waals surface area (Å²) in [6.07, 6.45) is 11.6. The molecule has 1 spiro atoms. The molecule has 4 rings (SSSR count). The van der Waals surface area contributed by atoms with Crippen molar-refractivity contribution in [3.05, 3.63) is 65.8 Å². The number of ether oxygens (including phenoxy) is 4. The summed E-state index contributed by atoms with van der Waals surface area (Å²) in [7, 11) is 1.39. The lowest BCUT2D eigenvalue weighted by Crippen LogP contribution is -2.52. The predicted octanol–water partition coefficient (Wildman–Crippen LogP) is 6.77. The van der Waals surface area contributed by atoms with Crippen LogP contribution in [0.1, 0.15) is 138 Å². The second-order valence-corrected chi connectivity index (χ2v) is 22.3. The van der Waals surface area contributed by atoms with Crippen LogP contribution in [0.5, 0.6) is 0 Å². The van der Waals surface area contributed by atoms with Crippen molar-refractivity contribution in [3.63, 3.8) is 0 Å². The molecule has 0 radical (unpaired) electrons. The Bertz CT molecular complexity index is 2270. The lowest BCUT2D eigenvalue weighted by atomic mass is 9.87. The van der Waals surface area contributed by atoms with Crippen molar-refractivity contribution in [1.29, 1.82) is 0 Å². The molecule has 1 aromatic carbocycles. The number of nitrogens with one attached hydrogen (secondary N) is 5. The van der Waals surface area contributed by atoms with E-state index in [4.69, 9.17) is 24.7 Å². The van der Waals surface area contributed by atoms with Crippen LogP contribution in [0.15, 0.2) is 60.2 Å². The normalized spacial score (nSPS) is 23.9. The van der Waals surface area contributed by atoms with Gasteiger partial charge in [0.15, 0.2) is 5.78 Å². The number of unbranched alkanes of at least 4 members (excludes halogenated alkanes) is 3. The number of epoxide rings is 1. The standard InChI is InChI=1S/C57H86BrN7O13/c1-35(2)17-26-50(69)62-45-28-38(6)47(77-39(45)7)24-18-37(5)19-25-48-53(71)57(34-76-57)31-44(78-48)30-51(70)65(8)64-56(74)75-33-40-20-22-42(23-21-40)61-54(72)41(14-13-27-60-55(59)73)29-46(67)52(36(3)4)63-49(68)16-12-10-9-11-15-43(66)32-58/h17-23,25-26,35-36,38-39,41,44-45,47-48,52-53,71H,9-16,24,27-34H2,1-8H3,(H,61,72)(H,62,69)(H,63,68)(H,64,74)(H3,59,60,73)/b25-19+,26-17-,37-18+/t38-,39+,41+,44+,45+,47-,48+,52-,53+,57+/m0/s1. The summed E-state index contributed by atoms with van der Waals surface area (Å²) >= 11 is 3.16. The second-order valence-electron chi connectivity index (χ2n) is 21.8. The number of hydrogen-bond donors (Lipinski definition) is 7. The maximum atomic E-state index is 13.7. The minimum atomic E-state index is -0.948. The Morgan fingerprint density at radius 2 is 1.65 bits per heavy atom. The van der Waals surface area contributed by atoms with Gasteiger partial charge >= 0.3 is 12.1 Å². The van der Waals surface area contributed by atoms with Crippen molar-refractivity contribution in [1.82, 2.24) is 26.4 Å². The number of amides is 7. The molecule has 8 N–H and O–H groups in total. The zero-order chi connectivity index (χ0) is 57.5. The summed E-state index contributed by atoms with van der Waals surface area (Å²) in [4.78, 5) is 102. The largest absolute Gasteiger partial charge is 0.443 e.